The van der Waals surface area contributed by atoms with Crippen LogP contribution in [0.2, 0.25) is 0 Å². The predicted molar refractivity (Wildman–Crippen MR) is 241 cm³/mol. The first-order chi connectivity index (χ1) is 31.7. The number of aryl methyl sites for hydroxylation is 6. The van der Waals surface area contributed by atoms with Crippen LogP contribution in [0.3, 0.4) is 0 Å². The first-order valence-electron chi connectivity index (χ1n) is 21.5. The largest absolute Gasteiger partial charge is 0.377 e. The maximum Gasteiger partial charge on any atom is 0.174 e. The first kappa shape index (κ1) is 43.9. The highest BCUT2D eigenvalue weighted by Gasteiger charge is 2.41. The van der Waals surface area contributed by atoms with E-state index in [2.05, 4.69) is 30.1 Å². The van der Waals surface area contributed by atoms with Crippen molar-refractivity contribution in [1.82, 2.24) is 48.6 Å². The van der Waals surface area contributed by atoms with Gasteiger partial charge in [0.1, 0.15) is 34.5 Å². The van der Waals surface area contributed by atoms with Crippen LogP contribution in [-0.2, 0) is 24.3 Å². The summed E-state index contributed by atoms with van der Waals surface area (Å²) >= 11 is 0. The Morgan fingerprint density at radius 2 is 0.939 bits per heavy atom. The molecule has 336 valence electrons. The van der Waals surface area contributed by atoms with Crippen molar-refractivity contribution in [3.63, 3.8) is 0 Å². The number of fused-ring (bicyclic) bond motifs is 2. The van der Waals surface area contributed by atoms with Crippen LogP contribution in [0.1, 0.15) is 93.7 Å². The Hall–Kier alpha value is -7.30. The summed E-state index contributed by atoms with van der Waals surface area (Å²) < 4.78 is 63.3. The van der Waals surface area contributed by atoms with Crippen LogP contribution in [0.25, 0.3) is 35.7 Å². The lowest BCUT2D eigenvalue weighted by Gasteiger charge is -2.31. The summed E-state index contributed by atoms with van der Waals surface area (Å²) in [5.41, 5.74) is 4.23. The summed E-state index contributed by atoms with van der Waals surface area (Å²) in [6.45, 7) is 8.83. The van der Waals surface area contributed by atoms with Gasteiger partial charge in [0.05, 0.1) is 35.4 Å². The molecule has 0 radical (unpaired) electrons. The molecule has 10 rings (SSSR count). The van der Waals surface area contributed by atoms with Crippen LogP contribution >= 0.6 is 0 Å². The Labute approximate surface area is 377 Å². The SMILES string of the molecule is Cc1cn(-c2cc(F)c(/C=C/c3nc4n(n3)CCC[C@@]4(O)c3ccc(F)cc3)cc2C)cn1.Cc1cn(-c2cc(F)c(/C=C/c3nc4n(n3)CCC[C@]4(O)c3ccc(F)cc3)cc2C)cn1. The average molecular weight is 895 g/mol. The Kier molecular flexibility index (Phi) is 11.7. The molecule has 0 saturated carbocycles. The van der Waals surface area contributed by atoms with Crippen molar-refractivity contribution in [2.45, 2.75) is 77.7 Å². The van der Waals surface area contributed by atoms with Gasteiger partial charge in [-0.2, -0.15) is 10.2 Å². The van der Waals surface area contributed by atoms with Crippen molar-refractivity contribution in [2.75, 3.05) is 0 Å². The molecule has 0 bridgehead atoms. The van der Waals surface area contributed by atoms with Crippen LogP contribution in [-0.4, -0.2) is 58.8 Å². The van der Waals surface area contributed by atoms with Gasteiger partial charge in [0.2, 0.25) is 0 Å². The van der Waals surface area contributed by atoms with Gasteiger partial charge in [-0.25, -0.2) is 46.9 Å². The van der Waals surface area contributed by atoms with Gasteiger partial charge >= 0.3 is 0 Å². The molecule has 0 amide bonds. The van der Waals surface area contributed by atoms with E-state index >= 15 is 0 Å². The second kappa shape index (κ2) is 17.6. The number of hydrogen-bond donors (Lipinski definition) is 2. The number of aliphatic hydroxyl groups is 2. The molecule has 0 spiro atoms. The van der Waals surface area contributed by atoms with Crippen LogP contribution in [0, 0.1) is 51.0 Å². The molecule has 16 heteroatoms. The van der Waals surface area contributed by atoms with Crippen LogP contribution in [0.15, 0.2) is 97.8 Å². The number of benzene rings is 4. The van der Waals surface area contributed by atoms with E-state index in [-0.39, 0.29) is 23.3 Å². The molecular formula is C50H46F4N10O2. The van der Waals surface area contributed by atoms with Gasteiger partial charge in [0.15, 0.2) is 23.3 Å². The Balaban J connectivity index is 0.000000166. The van der Waals surface area contributed by atoms with Crippen molar-refractivity contribution in [1.29, 1.82) is 0 Å². The quantitative estimate of drug-likeness (QED) is 0.144. The Bertz CT molecular complexity index is 2920. The van der Waals surface area contributed by atoms with Gasteiger partial charge in [0.25, 0.3) is 0 Å². The van der Waals surface area contributed by atoms with E-state index in [1.165, 1.54) is 36.4 Å². The topological polar surface area (TPSA) is 138 Å². The van der Waals surface area contributed by atoms with Gasteiger partial charge < -0.3 is 19.3 Å². The standard InChI is InChI=1S/2C25H23F2N5O/c2*1-16-12-18(21(27)13-22(16)31-14-17(2)28-15-31)4-9-23-29-24-25(33,10-3-11-32(24)30-23)19-5-7-20(26)8-6-19/h2*4-9,12-15,33H,3,10-11H2,1-2H3/b2*9-4+/t2*25-/m10/s1. The van der Waals surface area contributed by atoms with Crippen LogP contribution < -0.4 is 0 Å². The maximum atomic E-state index is 14.8. The van der Waals surface area contributed by atoms with Crippen LogP contribution in [0.5, 0.6) is 0 Å². The highest BCUT2D eigenvalue weighted by atomic mass is 19.1. The molecule has 0 saturated heterocycles. The summed E-state index contributed by atoms with van der Waals surface area (Å²) in [6, 6.07) is 18.0. The number of rotatable bonds is 8. The highest BCUT2D eigenvalue weighted by Crippen LogP contribution is 2.38. The molecule has 2 aliphatic rings. The predicted octanol–water partition coefficient (Wildman–Crippen LogP) is 9.12. The number of aromatic nitrogens is 10. The van der Waals surface area contributed by atoms with E-state index in [9.17, 15) is 27.8 Å². The maximum absolute atomic E-state index is 14.8. The first-order valence-corrected chi connectivity index (χ1v) is 21.5. The molecule has 4 aromatic heterocycles. The number of halogens is 4. The monoisotopic (exact) mass is 894 g/mol. The third-order valence-corrected chi connectivity index (χ3v) is 12.0. The Morgan fingerprint density at radius 3 is 1.30 bits per heavy atom. The zero-order valence-electron chi connectivity index (χ0n) is 36.7. The van der Waals surface area contributed by atoms with Gasteiger partial charge in [0, 0.05) is 36.6 Å². The lowest BCUT2D eigenvalue weighted by molar-refractivity contribution is 0.0392. The smallest absolute Gasteiger partial charge is 0.174 e. The van der Waals surface area contributed by atoms with Gasteiger partial charge in [-0.05, 0) is 148 Å². The summed E-state index contributed by atoms with van der Waals surface area (Å²) in [5, 5.41) is 31.7. The number of imidazole rings is 2. The minimum Gasteiger partial charge on any atom is -0.377 e. The number of hydrogen-bond acceptors (Lipinski definition) is 8. The Morgan fingerprint density at radius 1 is 0.545 bits per heavy atom. The van der Waals surface area contributed by atoms with E-state index in [1.807, 2.05) is 40.1 Å². The van der Waals surface area contributed by atoms with Crippen molar-refractivity contribution in [3.8, 4) is 11.4 Å². The molecule has 2 aliphatic heterocycles. The molecule has 66 heavy (non-hydrogen) atoms. The lowest BCUT2D eigenvalue weighted by atomic mass is 9.86. The van der Waals surface area contributed by atoms with Crippen molar-refractivity contribution in [3.05, 3.63) is 189 Å². The fourth-order valence-corrected chi connectivity index (χ4v) is 8.61. The van der Waals surface area contributed by atoms with Crippen molar-refractivity contribution in [2.24, 2.45) is 0 Å². The molecule has 6 heterocycles. The molecule has 8 aromatic rings. The summed E-state index contributed by atoms with van der Waals surface area (Å²) in [4.78, 5) is 17.4. The second-order valence-electron chi connectivity index (χ2n) is 16.8. The second-order valence-corrected chi connectivity index (χ2v) is 16.8. The summed E-state index contributed by atoms with van der Waals surface area (Å²) in [5.74, 6) is 0.0853. The molecule has 0 aliphatic carbocycles. The molecule has 2 N–H and O–H groups in total. The minimum atomic E-state index is -1.35. The van der Waals surface area contributed by atoms with Gasteiger partial charge in [-0.1, -0.05) is 24.3 Å². The third-order valence-electron chi connectivity index (χ3n) is 12.0. The molecule has 0 fully saturated rings. The number of nitrogens with zero attached hydrogens (tertiary/aromatic N) is 10. The van der Waals surface area contributed by atoms with Crippen molar-refractivity contribution < 1.29 is 27.8 Å². The van der Waals surface area contributed by atoms with Crippen molar-refractivity contribution >= 4 is 24.3 Å². The minimum absolute atomic E-state index is 0.366. The molecule has 2 atom stereocenters. The summed E-state index contributed by atoms with van der Waals surface area (Å²) in [6.07, 6.45) is 15.9. The van der Waals surface area contributed by atoms with Gasteiger partial charge in [-0.15, -0.1) is 0 Å². The molecular weight excluding hydrogens is 849 g/mol. The van der Waals surface area contributed by atoms with E-state index in [0.717, 1.165) is 33.9 Å². The normalized spacial score (nSPS) is 18.1. The molecule has 0 unspecified atom stereocenters. The fourth-order valence-electron chi connectivity index (χ4n) is 8.61. The van der Waals surface area contributed by atoms with Gasteiger partial charge in [-0.3, -0.25) is 0 Å². The highest BCUT2D eigenvalue weighted by molar-refractivity contribution is 5.69. The zero-order chi connectivity index (χ0) is 46.3. The third kappa shape index (κ3) is 8.64. The van der Waals surface area contributed by atoms with Crippen LogP contribution in [0.4, 0.5) is 17.6 Å². The molecule has 12 nitrogen and oxygen atoms in total. The fraction of sp³-hybridized carbons (Fsp3) is 0.240. The summed E-state index contributed by atoms with van der Waals surface area (Å²) in [7, 11) is 0. The molecule has 4 aromatic carbocycles. The average Bonchev–Trinajstić information content (AvgIpc) is 4.12. The lowest BCUT2D eigenvalue weighted by Crippen LogP contribution is -2.35. The van der Waals surface area contributed by atoms with E-state index in [0.29, 0.717) is 84.3 Å². The van der Waals surface area contributed by atoms with E-state index in [4.69, 9.17) is 0 Å². The van der Waals surface area contributed by atoms with E-state index < -0.39 is 11.2 Å². The zero-order valence-corrected chi connectivity index (χ0v) is 36.7. The van der Waals surface area contributed by atoms with E-state index in [1.54, 1.807) is 91.9 Å².